The Morgan fingerprint density at radius 1 is 0.769 bits per heavy atom. The number of aromatic amines is 1. The molecule has 0 saturated carbocycles. The highest BCUT2D eigenvalue weighted by Gasteiger charge is 2.16. The second-order valence-corrected chi connectivity index (χ2v) is 6.93. The Morgan fingerprint density at radius 3 is 2.23 bits per heavy atom. The Hall–Kier alpha value is -2.87. The summed E-state index contributed by atoms with van der Waals surface area (Å²) in [7, 11) is 0. The molecule has 0 aliphatic carbocycles. The van der Waals surface area contributed by atoms with E-state index < -0.39 is 0 Å². The van der Waals surface area contributed by atoms with Crippen LogP contribution in [-0.4, -0.2) is 15.2 Å². The van der Waals surface area contributed by atoms with Crippen LogP contribution in [0, 0.1) is 3.57 Å². The van der Waals surface area contributed by atoms with Gasteiger partial charge in [0.2, 0.25) is 0 Å². The fourth-order valence-corrected chi connectivity index (χ4v) is 3.07. The number of H-pyrrole nitrogens is 1. The molecule has 0 amide bonds. The molecular weight excluding hydrogens is 437 g/mol. The fourth-order valence-electron chi connectivity index (χ4n) is 2.71. The largest absolute Gasteiger partial charge is 0.300 e. The number of para-hydroxylation sites is 1. The predicted octanol–water partition coefficient (Wildman–Crippen LogP) is 5.18. The number of hydrogen-bond donors (Lipinski definition) is 3. The molecule has 4 aromatic rings. The minimum Gasteiger partial charge on any atom is -0.300 e. The van der Waals surface area contributed by atoms with Gasteiger partial charge in [-0.1, -0.05) is 30.3 Å². The highest BCUT2D eigenvalue weighted by atomic mass is 127. The summed E-state index contributed by atoms with van der Waals surface area (Å²) in [6.07, 6.45) is 3.57. The van der Waals surface area contributed by atoms with E-state index >= 15 is 0 Å². The molecule has 0 fully saturated rings. The molecule has 0 bridgehead atoms. The van der Waals surface area contributed by atoms with Crippen molar-refractivity contribution in [3.05, 3.63) is 82.7 Å². The van der Waals surface area contributed by atoms with E-state index in [0.29, 0.717) is 0 Å². The Kier molecular flexibility index (Phi) is 4.83. The van der Waals surface area contributed by atoms with Gasteiger partial charge in [-0.25, -0.2) is 0 Å². The van der Waals surface area contributed by atoms with Crippen LogP contribution in [-0.2, 0) is 0 Å². The molecule has 0 aliphatic rings. The van der Waals surface area contributed by atoms with Crippen molar-refractivity contribution in [2.24, 2.45) is 0 Å². The molecule has 2 aromatic heterocycles. The molecule has 0 aliphatic heterocycles. The van der Waals surface area contributed by atoms with Gasteiger partial charge in [-0.2, -0.15) is 5.10 Å². The number of rotatable bonds is 5. The SMILES string of the molecule is Ic1ccc(-c2[nH]nc(NNc3ccccc3)c2-c2ccncc2)cc1. The summed E-state index contributed by atoms with van der Waals surface area (Å²) < 4.78 is 1.19. The monoisotopic (exact) mass is 453 g/mol. The molecule has 26 heavy (non-hydrogen) atoms. The first-order valence-corrected chi connectivity index (χ1v) is 9.21. The number of halogens is 1. The number of anilines is 2. The van der Waals surface area contributed by atoms with Crippen molar-refractivity contribution in [2.75, 3.05) is 10.9 Å². The smallest absolute Gasteiger partial charge is 0.174 e. The number of pyridine rings is 1. The fraction of sp³-hybridized carbons (Fsp3) is 0. The minimum absolute atomic E-state index is 0.730. The van der Waals surface area contributed by atoms with E-state index in [-0.39, 0.29) is 0 Å². The standard InChI is InChI=1S/C20H16IN5/c21-16-8-6-15(7-9-16)19-18(14-10-12-22-13-11-14)20(26-24-19)25-23-17-4-2-1-3-5-17/h1-13,23H,(H2,24,25,26). The van der Waals surface area contributed by atoms with Gasteiger partial charge >= 0.3 is 0 Å². The average Bonchev–Trinajstić information content (AvgIpc) is 3.12. The average molecular weight is 453 g/mol. The number of aromatic nitrogens is 3. The molecule has 0 spiro atoms. The van der Waals surface area contributed by atoms with Gasteiger partial charge in [-0.15, -0.1) is 0 Å². The van der Waals surface area contributed by atoms with Crippen LogP contribution in [0.15, 0.2) is 79.1 Å². The van der Waals surface area contributed by atoms with Gasteiger partial charge in [0.15, 0.2) is 5.82 Å². The zero-order valence-corrected chi connectivity index (χ0v) is 15.9. The number of nitrogens with one attached hydrogen (secondary N) is 3. The van der Waals surface area contributed by atoms with Crippen LogP contribution in [0.3, 0.4) is 0 Å². The number of hydrazine groups is 1. The van der Waals surface area contributed by atoms with Crippen molar-refractivity contribution in [1.29, 1.82) is 0 Å². The van der Waals surface area contributed by atoms with E-state index in [0.717, 1.165) is 33.9 Å². The molecule has 128 valence electrons. The summed E-state index contributed by atoms with van der Waals surface area (Å²) in [5.41, 5.74) is 11.5. The highest BCUT2D eigenvalue weighted by Crippen LogP contribution is 2.36. The van der Waals surface area contributed by atoms with E-state index in [2.05, 4.69) is 72.9 Å². The molecule has 0 radical (unpaired) electrons. The molecular formula is C20H16IN5. The van der Waals surface area contributed by atoms with Crippen molar-refractivity contribution in [3.63, 3.8) is 0 Å². The quantitative estimate of drug-likeness (QED) is 0.288. The summed E-state index contributed by atoms with van der Waals surface area (Å²) in [5.74, 6) is 0.730. The van der Waals surface area contributed by atoms with Gasteiger partial charge in [0.25, 0.3) is 0 Å². The summed E-state index contributed by atoms with van der Waals surface area (Å²) in [4.78, 5) is 4.12. The third kappa shape index (κ3) is 3.55. The Labute approximate surface area is 165 Å². The van der Waals surface area contributed by atoms with Crippen molar-refractivity contribution in [3.8, 4) is 22.4 Å². The van der Waals surface area contributed by atoms with Gasteiger partial charge in [0.05, 0.1) is 16.9 Å². The zero-order chi connectivity index (χ0) is 17.8. The molecule has 0 unspecified atom stereocenters. The Morgan fingerprint density at radius 2 is 1.50 bits per heavy atom. The van der Waals surface area contributed by atoms with E-state index in [4.69, 9.17) is 0 Å². The molecule has 5 nitrogen and oxygen atoms in total. The van der Waals surface area contributed by atoms with Gasteiger partial charge in [-0.05, 0) is 64.6 Å². The number of hydrogen-bond acceptors (Lipinski definition) is 4. The van der Waals surface area contributed by atoms with Crippen molar-refractivity contribution in [1.82, 2.24) is 15.2 Å². The molecule has 0 saturated heterocycles. The second kappa shape index (κ2) is 7.57. The van der Waals surface area contributed by atoms with E-state index in [1.165, 1.54) is 3.57 Å². The van der Waals surface area contributed by atoms with Gasteiger partial charge in [-0.3, -0.25) is 20.9 Å². The van der Waals surface area contributed by atoms with Crippen LogP contribution in [0.4, 0.5) is 11.5 Å². The Bertz CT molecular complexity index is 982. The lowest BCUT2D eigenvalue weighted by molar-refractivity contribution is 1.09. The van der Waals surface area contributed by atoms with Crippen LogP contribution in [0.2, 0.25) is 0 Å². The number of nitrogens with zero attached hydrogens (tertiary/aromatic N) is 2. The summed E-state index contributed by atoms with van der Waals surface area (Å²) in [6, 6.07) is 22.2. The number of benzene rings is 2. The van der Waals surface area contributed by atoms with E-state index in [1.54, 1.807) is 12.4 Å². The van der Waals surface area contributed by atoms with Crippen LogP contribution in [0.1, 0.15) is 0 Å². The van der Waals surface area contributed by atoms with E-state index in [9.17, 15) is 0 Å². The first-order valence-electron chi connectivity index (χ1n) is 8.13. The lowest BCUT2D eigenvalue weighted by Gasteiger charge is -2.10. The highest BCUT2D eigenvalue weighted by molar-refractivity contribution is 14.1. The third-order valence-corrected chi connectivity index (χ3v) is 4.69. The maximum absolute atomic E-state index is 4.49. The zero-order valence-electron chi connectivity index (χ0n) is 13.8. The minimum atomic E-state index is 0.730. The van der Waals surface area contributed by atoms with Crippen LogP contribution < -0.4 is 10.9 Å². The van der Waals surface area contributed by atoms with E-state index in [1.807, 2.05) is 42.5 Å². The topological polar surface area (TPSA) is 65.6 Å². The molecule has 4 rings (SSSR count). The lowest BCUT2D eigenvalue weighted by Crippen LogP contribution is -2.09. The first-order chi connectivity index (χ1) is 12.8. The molecule has 2 aromatic carbocycles. The maximum atomic E-state index is 4.49. The van der Waals surface area contributed by atoms with Crippen molar-refractivity contribution >= 4 is 34.1 Å². The summed E-state index contributed by atoms with van der Waals surface area (Å²) >= 11 is 2.30. The van der Waals surface area contributed by atoms with Crippen LogP contribution >= 0.6 is 22.6 Å². The molecule has 2 heterocycles. The predicted molar refractivity (Wildman–Crippen MR) is 114 cm³/mol. The van der Waals surface area contributed by atoms with Crippen LogP contribution in [0.5, 0.6) is 0 Å². The lowest BCUT2D eigenvalue weighted by atomic mass is 10.0. The van der Waals surface area contributed by atoms with Gasteiger partial charge in [0, 0.05) is 21.5 Å². The van der Waals surface area contributed by atoms with Crippen molar-refractivity contribution < 1.29 is 0 Å². The second-order valence-electron chi connectivity index (χ2n) is 5.68. The Balaban J connectivity index is 1.73. The van der Waals surface area contributed by atoms with Gasteiger partial charge in [0.1, 0.15) is 0 Å². The van der Waals surface area contributed by atoms with Crippen molar-refractivity contribution in [2.45, 2.75) is 0 Å². The summed E-state index contributed by atoms with van der Waals surface area (Å²) in [5, 5.41) is 7.66. The maximum Gasteiger partial charge on any atom is 0.174 e. The van der Waals surface area contributed by atoms with Crippen LogP contribution in [0.25, 0.3) is 22.4 Å². The first kappa shape index (κ1) is 16.6. The molecule has 6 heteroatoms. The third-order valence-electron chi connectivity index (χ3n) is 3.97. The molecule has 3 N–H and O–H groups in total. The summed E-state index contributed by atoms with van der Waals surface area (Å²) in [6.45, 7) is 0. The van der Waals surface area contributed by atoms with Gasteiger partial charge < -0.3 is 0 Å². The molecule has 0 atom stereocenters. The normalized spacial score (nSPS) is 10.5.